The molecule has 1 N–H and O–H groups in total. The highest BCUT2D eigenvalue weighted by Gasteiger charge is 2.03. The van der Waals surface area contributed by atoms with E-state index in [4.69, 9.17) is 5.26 Å². The SMILES string of the molecule is CNC(=O)CCCn1cccc(C#N)c1=O. The Bertz CT molecular complexity index is 471. The van der Waals surface area contributed by atoms with E-state index in [0.29, 0.717) is 19.4 Å². The largest absolute Gasteiger partial charge is 0.359 e. The molecule has 0 saturated heterocycles. The van der Waals surface area contributed by atoms with Crippen LogP contribution in [-0.4, -0.2) is 17.5 Å². The monoisotopic (exact) mass is 219 g/mol. The van der Waals surface area contributed by atoms with Gasteiger partial charge in [0, 0.05) is 26.2 Å². The standard InChI is InChI=1S/C11H13N3O2/c1-13-10(15)5-3-7-14-6-2-4-9(8-12)11(14)16/h2,4,6H,3,5,7H2,1H3,(H,13,15). The summed E-state index contributed by atoms with van der Waals surface area (Å²) in [5.41, 5.74) is -0.177. The number of carbonyl (C=O) groups excluding carboxylic acids is 1. The van der Waals surface area contributed by atoms with Crippen LogP contribution in [0.3, 0.4) is 0 Å². The molecule has 0 unspecified atom stereocenters. The van der Waals surface area contributed by atoms with Crippen molar-refractivity contribution in [2.24, 2.45) is 0 Å². The highest BCUT2D eigenvalue weighted by Crippen LogP contribution is 1.95. The first-order valence-electron chi connectivity index (χ1n) is 4.99. The number of aromatic nitrogens is 1. The van der Waals surface area contributed by atoms with Gasteiger partial charge in [0.25, 0.3) is 5.56 Å². The normalized spacial score (nSPS) is 9.50. The van der Waals surface area contributed by atoms with Crippen LogP contribution in [0.5, 0.6) is 0 Å². The fourth-order valence-electron chi connectivity index (χ4n) is 1.33. The molecule has 0 aliphatic rings. The number of rotatable bonds is 4. The van der Waals surface area contributed by atoms with E-state index < -0.39 is 0 Å². The number of aryl methyl sites for hydroxylation is 1. The Hall–Kier alpha value is -2.09. The molecule has 1 aromatic heterocycles. The zero-order valence-electron chi connectivity index (χ0n) is 9.06. The molecule has 1 rings (SSSR count). The average Bonchev–Trinajstić information content (AvgIpc) is 2.31. The van der Waals surface area contributed by atoms with Gasteiger partial charge < -0.3 is 9.88 Å². The lowest BCUT2D eigenvalue weighted by Crippen LogP contribution is -2.23. The Labute approximate surface area is 93.3 Å². The van der Waals surface area contributed by atoms with Crippen LogP contribution in [0.4, 0.5) is 0 Å². The molecule has 0 saturated carbocycles. The zero-order chi connectivity index (χ0) is 12.0. The Morgan fingerprint density at radius 2 is 2.38 bits per heavy atom. The van der Waals surface area contributed by atoms with Crippen molar-refractivity contribution in [3.05, 3.63) is 34.2 Å². The van der Waals surface area contributed by atoms with Gasteiger partial charge in [-0.15, -0.1) is 0 Å². The maximum absolute atomic E-state index is 11.6. The number of hydrogen-bond acceptors (Lipinski definition) is 3. The smallest absolute Gasteiger partial charge is 0.268 e. The molecule has 5 heteroatoms. The lowest BCUT2D eigenvalue weighted by molar-refractivity contribution is -0.120. The molecule has 0 aliphatic carbocycles. The zero-order valence-corrected chi connectivity index (χ0v) is 9.06. The first-order chi connectivity index (χ1) is 7.69. The van der Waals surface area contributed by atoms with Crippen LogP contribution >= 0.6 is 0 Å². The summed E-state index contributed by atoms with van der Waals surface area (Å²) in [4.78, 5) is 22.5. The van der Waals surface area contributed by atoms with Crippen LogP contribution < -0.4 is 10.9 Å². The van der Waals surface area contributed by atoms with E-state index in [1.165, 1.54) is 10.6 Å². The molecule has 0 bridgehead atoms. The molecule has 1 amide bonds. The third kappa shape index (κ3) is 2.95. The maximum Gasteiger partial charge on any atom is 0.268 e. The van der Waals surface area contributed by atoms with E-state index in [1.54, 1.807) is 19.3 Å². The molecule has 0 spiro atoms. The minimum absolute atomic E-state index is 0.0514. The van der Waals surface area contributed by atoms with Crippen molar-refractivity contribution < 1.29 is 4.79 Å². The molecule has 16 heavy (non-hydrogen) atoms. The molecule has 0 aromatic carbocycles. The molecule has 1 heterocycles. The van der Waals surface area contributed by atoms with E-state index in [2.05, 4.69) is 5.32 Å². The minimum Gasteiger partial charge on any atom is -0.359 e. The van der Waals surface area contributed by atoms with Crippen molar-refractivity contribution in [2.75, 3.05) is 7.05 Å². The van der Waals surface area contributed by atoms with Crippen molar-refractivity contribution in [1.82, 2.24) is 9.88 Å². The number of carbonyl (C=O) groups is 1. The summed E-state index contributed by atoms with van der Waals surface area (Å²) in [7, 11) is 1.57. The second-order valence-corrected chi connectivity index (χ2v) is 3.31. The summed E-state index contributed by atoms with van der Waals surface area (Å²) >= 11 is 0. The lowest BCUT2D eigenvalue weighted by Gasteiger charge is -2.04. The summed E-state index contributed by atoms with van der Waals surface area (Å²) in [5, 5.41) is 11.2. The molecule has 1 aromatic rings. The van der Waals surface area contributed by atoms with Crippen LogP contribution in [0, 0.1) is 11.3 Å². The Morgan fingerprint density at radius 3 is 3.00 bits per heavy atom. The minimum atomic E-state index is -0.304. The molecular weight excluding hydrogens is 206 g/mol. The van der Waals surface area contributed by atoms with Gasteiger partial charge in [-0.2, -0.15) is 5.26 Å². The summed E-state index contributed by atoms with van der Waals surface area (Å²) in [6.45, 7) is 0.446. The van der Waals surface area contributed by atoms with Gasteiger partial charge >= 0.3 is 0 Å². The third-order valence-corrected chi connectivity index (χ3v) is 2.22. The van der Waals surface area contributed by atoms with E-state index in [9.17, 15) is 9.59 Å². The van der Waals surface area contributed by atoms with Crippen molar-refractivity contribution in [3.8, 4) is 6.07 Å². The first kappa shape index (κ1) is 12.0. The van der Waals surface area contributed by atoms with Crippen LogP contribution in [0.2, 0.25) is 0 Å². The molecule has 0 fully saturated rings. The average molecular weight is 219 g/mol. The van der Waals surface area contributed by atoms with E-state index in [-0.39, 0.29) is 17.0 Å². The topological polar surface area (TPSA) is 74.9 Å². The third-order valence-electron chi connectivity index (χ3n) is 2.22. The maximum atomic E-state index is 11.6. The molecular formula is C11H13N3O2. The van der Waals surface area contributed by atoms with Crippen LogP contribution in [0.1, 0.15) is 18.4 Å². The van der Waals surface area contributed by atoms with Gasteiger partial charge in [0.05, 0.1) is 0 Å². The van der Waals surface area contributed by atoms with Crippen molar-refractivity contribution >= 4 is 5.91 Å². The molecule has 0 radical (unpaired) electrons. The quantitative estimate of drug-likeness (QED) is 0.788. The fraction of sp³-hybridized carbons (Fsp3) is 0.364. The van der Waals surface area contributed by atoms with Crippen LogP contribution in [0.15, 0.2) is 23.1 Å². The first-order valence-corrected chi connectivity index (χ1v) is 4.99. The van der Waals surface area contributed by atoms with Crippen molar-refractivity contribution in [2.45, 2.75) is 19.4 Å². The number of amides is 1. The number of nitrogens with zero attached hydrogens (tertiary/aromatic N) is 2. The van der Waals surface area contributed by atoms with Crippen LogP contribution in [0.25, 0.3) is 0 Å². The summed E-state index contributed by atoms with van der Waals surface area (Å²) in [6.07, 6.45) is 2.57. The Kier molecular flexibility index (Phi) is 4.28. The van der Waals surface area contributed by atoms with E-state index in [1.807, 2.05) is 6.07 Å². The molecule has 5 nitrogen and oxygen atoms in total. The van der Waals surface area contributed by atoms with Gasteiger partial charge in [0.1, 0.15) is 11.6 Å². The number of nitrogens with one attached hydrogen (secondary N) is 1. The Morgan fingerprint density at radius 1 is 1.62 bits per heavy atom. The van der Waals surface area contributed by atoms with Gasteiger partial charge in [-0.1, -0.05) is 0 Å². The fourth-order valence-corrected chi connectivity index (χ4v) is 1.33. The van der Waals surface area contributed by atoms with Gasteiger partial charge in [-0.25, -0.2) is 0 Å². The highest BCUT2D eigenvalue weighted by atomic mass is 16.1. The summed E-state index contributed by atoms with van der Waals surface area (Å²) < 4.78 is 1.45. The van der Waals surface area contributed by atoms with Gasteiger partial charge in [0.2, 0.25) is 5.91 Å². The van der Waals surface area contributed by atoms with Crippen LogP contribution in [-0.2, 0) is 11.3 Å². The summed E-state index contributed by atoms with van der Waals surface area (Å²) in [5.74, 6) is -0.0514. The van der Waals surface area contributed by atoms with Gasteiger partial charge in [-0.05, 0) is 18.6 Å². The lowest BCUT2D eigenvalue weighted by atomic mass is 10.2. The predicted molar refractivity (Wildman–Crippen MR) is 58.7 cm³/mol. The number of nitriles is 1. The van der Waals surface area contributed by atoms with E-state index in [0.717, 1.165) is 0 Å². The number of pyridine rings is 1. The molecule has 84 valence electrons. The molecule has 0 atom stereocenters. The van der Waals surface area contributed by atoms with E-state index >= 15 is 0 Å². The molecule has 0 aliphatic heterocycles. The number of hydrogen-bond donors (Lipinski definition) is 1. The predicted octanol–water partition coefficient (Wildman–Crippen LogP) is 0.246. The Balaban J connectivity index is 2.65. The van der Waals surface area contributed by atoms with Gasteiger partial charge in [0.15, 0.2) is 0 Å². The van der Waals surface area contributed by atoms with Crippen molar-refractivity contribution in [3.63, 3.8) is 0 Å². The summed E-state index contributed by atoms with van der Waals surface area (Å²) in [6, 6.07) is 4.97. The van der Waals surface area contributed by atoms with Crippen molar-refractivity contribution in [1.29, 1.82) is 5.26 Å². The van der Waals surface area contributed by atoms with Gasteiger partial charge in [-0.3, -0.25) is 9.59 Å². The highest BCUT2D eigenvalue weighted by molar-refractivity contribution is 5.75. The second kappa shape index (κ2) is 5.71. The second-order valence-electron chi connectivity index (χ2n) is 3.31.